The highest BCUT2D eigenvalue weighted by atomic mass is 16.5. The zero-order valence-electron chi connectivity index (χ0n) is 15.4. The van der Waals surface area contributed by atoms with Crippen molar-refractivity contribution in [3.8, 4) is 0 Å². The van der Waals surface area contributed by atoms with Crippen LogP contribution in [0.1, 0.15) is 16.7 Å². The molecule has 28 heavy (non-hydrogen) atoms. The van der Waals surface area contributed by atoms with E-state index >= 15 is 0 Å². The second-order valence-corrected chi connectivity index (χ2v) is 5.93. The van der Waals surface area contributed by atoms with Gasteiger partial charge in [0.1, 0.15) is 0 Å². The Labute approximate surface area is 163 Å². The number of nitrogens with zero attached hydrogens (tertiary/aromatic N) is 2. The fourth-order valence-corrected chi connectivity index (χ4v) is 2.46. The maximum atomic E-state index is 11.2. The Morgan fingerprint density at radius 3 is 2.61 bits per heavy atom. The Balaban J connectivity index is 1.73. The number of hydrogen-bond acceptors (Lipinski definition) is 6. The summed E-state index contributed by atoms with van der Waals surface area (Å²) in [6.45, 7) is 0. The number of aromatic nitrogens is 2. The molecule has 3 aromatic rings. The molecule has 0 unspecified atom stereocenters. The van der Waals surface area contributed by atoms with Crippen molar-refractivity contribution in [3.63, 3.8) is 0 Å². The van der Waals surface area contributed by atoms with E-state index in [4.69, 9.17) is 5.73 Å². The van der Waals surface area contributed by atoms with E-state index in [0.717, 1.165) is 22.4 Å². The van der Waals surface area contributed by atoms with E-state index < -0.39 is 5.97 Å². The number of carbonyl (C=O) groups excluding carboxylic acids is 1. The number of hydrogen-bond donors (Lipinski definition) is 2. The number of ether oxygens (including phenoxy) is 1. The van der Waals surface area contributed by atoms with Crippen LogP contribution in [-0.2, 0) is 9.53 Å². The smallest absolute Gasteiger partial charge is 0.330 e. The molecule has 0 fully saturated rings. The summed E-state index contributed by atoms with van der Waals surface area (Å²) in [5, 5.41) is 3.22. The average Bonchev–Trinajstić information content (AvgIpc) is 2.73. The number of anilines is 3. The van der Waals surface area contributed by atoms with Gasteiger partial charge in [0.25, 0.3) is 0 Å². The van der Waals surface area contributed by atoms with Gasteiger partial charge in [-0.05, 0) is 53.1 Å². The SMILES string of the molecule is COC(=O)C=Cc1cncc(C=Cc2cccc(Nc3ncccc3N)c2)c1. The Hall–Kier alpha value is -3.93. The third-order valence-corrected chi connectivity index (χ3v) is 3.85. The monoisotopic (exact) mass is 372 g/mol. The zero-order chi connectivity index (χ0) is 19.8. The van der Waals surface area contributed by atoms with Crippen LogP contribution < -0.4 is 11.1 Å². The normalized spacial score (nSPS) is 11.0. The van der Waals surface area contributed by atoms with E-state index in [-0.39, 0.29) is 0 Å². The minimum Gasteiger partial charge on any atom is -0.466 e. The molecule has 0 aliphatic rings. The molecule has 2 aromatic heterocycles. The summed E-state index contributed by atoms with van der Waals surface area (Å²) >= 11 is 0. The number of nitrogens with one attached hydrogen (secondary N) is 1. The van der Waals surface area contributed by atoms with Gasteiger partial charge in [0.15, 0.2) is 5.82 Å². The third-order valence-electron chi connectivity index (χ3n) is 3.85. The lowest BCUT2D eigenvalue weighted by Crippen LogP contribution is -1.98. The molecule has 0 bridgehead atoms. The number of esters is 1. The Morgan fingerprint density at radius 1 is 1.04 bits per heavy atom. The first kappa shape index (κ1) is 18.8. The summed E-state index contributed by atoms with van der Waals surface area (Å²) in [5.74, 6) is 0.219. The molecule has 0 radical (unpaired) electrons. The molecule has 0 aliphatic heterocycles. The molecule has 6 nitrogen and oxygen atoms in total. The van der Waals surface area contributed by atoms with Gasteiger partial charge in [-0.2, -0.15) is 0 Å². The maximum Gasteiger partial charge on any atom is 0.330 e. The number of rotatable bonds is 6. The van der Waals surface area contributed by atoms with E-state index in [1.165, 1.54) is 13.2 Å². The Bertz CT molecular complexity index is 1030. The van der Waals surface area contributed by atoms with Gasteiger partial charge in [-0.1, -0.05) is 24.3 Å². The molecular formula is C22H20N4O2. The second kappa shape index (κ2) is 9.14. The molecular weight excluding hydrogens is 352 g/mol. The van der Waals surface area contributed by atoms with Crippen LogP contribution in [-0.4, -0.2) is 23.0 Å². The van der Waals surface area contributed by atoms with Crippen molar-refractivity contribution < 1.29 is 9.53 Å². The highest BCUT2D eigenvalue weighted by Crippen LogP contribution is 2.21. The predicted octanol–water partition coefficient (Wildman–Crippen LogP) is 4.16. The van der Waals surface area contributed by atoms with Gasteiger partial charge in [0, 0.05) is 30.4 Å². The van der Waals surface area contributed by atoms with E-state index in [0.29, 0.717) is 11.5 Å². The summed E-state index contributed by atoms with van der Waals surface area (Å²) in [4.78, 5) is 19.6. The van der Waals surface area contributed by atoms with Crippen LogP contribution >= 0.6 is 0 Å². The minimum atomic E-state index is -0.404. The average molecular weight is 372 g/mol. The van der Waals surface area contributed by atoms with Crippen LogP contribution in [0.2, 0.25) is 0 Å². The lowest BCUT2D eigenvalue weighted by Gasteiger charge is -2.08. The Morgan fingerprint density at radius 2 is 1.82 bits per heavy atom. The first-order valence-electron chi connectivity index (χ1n) is 8.61. The first-order valence-corrected chi connectivity index (χ1v) is 8.61. The molecule has 2 heterocycles. The molecule has 0 spiro atoms. The zero-order valence-corrected chi connectivity index (χ0v) is 15.4. The molecule has 3 rings (SSSR count). The Kier molecular flexibility index (Phi) is 6.15. The topological polar surface area (TPSA) is 90.1 Å². The highest BCUT2D eigenvalue weighted by molar-refractivity contribution is 5.87. The van der Waals surface area contributed by atoms with Gasteiger partial charge < -0.3 is 15.8 Å². The molecule has 0 aliphatic carbocycles. The summed E-state index contributed by atoms with van der Waals surface area (Å²) in [6.07, 6.45) is 12.1. The van der Waals surface area contributed by atoms with Crippen molar-refractivity contribution in [2.24, 2.45) is 0 Å². The van der Waals surface area contributed by atoms with Crippen LogP contribution in [0.25, 0.3) is 18.2 Å². The standard InChI is InChI=1S/C22H20N4O2/c1-28-21(27)10-9-18-12-17(14-24-15-18)8-7-16-4-2-5-19(13-16)26-22-20(23)6-3-11-25-22/h2-15H,23H2,1H3,(H,25,26). The molecule has 140 valence electrons. The first-order chi connectivity index (χ1) is 13.6. The van der Waals surface area contributed by atoms with Crippen LogP contribution in [0.4, 0.5) is 17.2 Å². The van der Waals surface area contributed by atoms with Gasteiger partial charge in [-0.15, -0.1) is 0 Å². The largest absolute Gasteiger partial charge is 0.466 e. The molecule has 6 heteroatoms. The number of benzene rings is 1. The summed E-state index contributed by atoms with van der Waals surface area (Å²) in [5.41, 5.74) is 10.1. The number of methoxy groups -OCH3 is 1. The molecule has 3 N–H and O–H groups in total. The fraction of sp³-hybridized carbons (Fsp3) is 0.0455. The van der Waals surface area contributed by atoms with E-state index in [2.05, 4.69) is 20.0 Å². The summed E-state index contributed by atoms with van der Waals surface area (Å²) < 4.78 is 4.59. The highest BCUT2D eigenvalue weighted by Gasteiger charge is 2.00. The molecule has 0 amide bonds. The minimum absolute atomic E-state index is 0.404. The van der Waals surface area contributed by atoms with Crippen LogP contribution in [0.5, 0.6) is 0 Å². The van der Waals surface area contributed by atoms with Gasteiger partial charge in [-0.25, -0.2) is 9.78 Å². The quantitative estimate of drug-likeness (QED) is 0.499. The predicted molar refractivity (Wildman–Crippen MR) is 113 cm³/mol. The lowest BCUT2D eigenvalue weighted by atomic mass is 10.1. The number of nitrogen functional groups attached to an aromatic ring is 1. The van der Waals surface area contributed by atoms with Crippen LogP contribution in [0.3, 0.4) is 0 Å². The number of nitrogens with two attached hydrogens (primary N) is 1. The number of pyridine rings is 2. The van der Waals surface area contributed by atoms with Crippen molar-refractivity contribution in [1.82, 2.24) is 9.97 Å². The van der Waals surface area contributed by atoms with E-state index in [9.17, 15) is 4.79 Å². The second-order valence-electron chi connectivity index (χ2n) is 5.93. The van der Waals surface area contributed by atoms with Gasteiger partial charge in [0.2, 0.25) is 0 Å². The maximum absolute atomic E-state index is 11.2. The summed E-state index contributed by atoms with van der Waals surface area (Å²) in [7, 11) is 1.34. The van der Waals surface area contributed by atoms with Crippen LogP contribution in [0, 0.1) is 0 Å². The van der Waals surface area contributed by atoms with Crippen molar-refractivity contribution in [1.29, 1.82) is 0 Å². The van der Waals surface area contributed by atoms with Crippen molar-refractivity contribution in [3.05, 3.63) is 83.8 Å². The van der Waals surface area contributed by atoms with Crippen molar-refractivity contribution in [2.75, 3.05) is 18.2 Å². The molecule has 0 atom stereocenters. The fourth-order valence-electron chi connectivity index (χ4n) is 2.46. The number of carbonyl (C=O) groups is 1. The van der Waals surface area contributed by atoms with E-state index in [1.807, 2.05) is 42.5 Å². The molecule has 0 saturated heterocycles. The molecule has 1 aromatic carbocycles. The molecule has 0 saturated carbocycles. The van der Waals surface area contributed by atoms with Crippen LogP contribution in [0.15, 0.2) is 67.1 Å². The van der Waals surface area contributed by atoms with Crippen molar-refractivity contribution in [2.45, 2.75) is 0 Å². The van der Waals surface area contributed by atoms with Gasteiger partial charge in [0.05, 0.1) is 12.8 Å². The lowest BCUT2D eigenvalue weighted by molar-refractivity contribution is -0.134. The van der Waals surface area contributed by atoms with Crippen molar-refractivity contribution >= 4 is 41.4 Å². The van der Waals surface area contributed by atoms with E-state index in [1.54, 1.807) is 36.8 Å². The van der Waals surface area contributed by atoms with Gasteiger partial charge >= 0.3 is 5.97 Å². The summed E-state index contributed by atoms with van der Waals surface area (Å²) in [6, 6.07) is 13.4. The third kappa shape index (κ3) is 5.28. The van der Waals surface area contributed by atoms with Gasteiger partial charge in [-0.3, -0.25) is 4.98 Å².